The highest BCUT2D eigenvalue weighted by Gasteiger charge is 2.22. The van der Waals surface area contributed by atoms with Gasteiger partial charge in [-0.1, -0.05) is 133 Å². The number of hydrogen-bond donors (Lipinski definition) is 0. The number of nitrogens with zero attached hydrogens (tertiary/aromatic N) is 7. The van der Waals surface area contributed by atoms with Crippen LogP contribution in [-0.2, 0) is 0 Å². The van der Waals surface area contributed by atoms with Crippen LogP contribution in [0.4, 0.5) is 0 Å². The van der Waals surface area contributed by atoms with E-state index in [-0.39, 0.29) is 5.56 Å². The molecular formula is C51H31N7O. The topological polar surface area (TPSA) is 82.9 Å². The van der Waals surface area contributed by atoms with Crippen LogP contribution in [0.15, 0.2) is 193 Å². The fraction of sp³-hybridized carbons (Fsp3) is 0. The maximum absolute atomic E-state index is 14.7. The first-order valence-electron chi connectivity index (χ1n) is 19.5. The SMILES string of the molecule is O=c1c2cc3c4ccccc4n(-c4ccc(-c5nc(-c6ccccc6)nc(-c6ccccc6)n5)c5ccccc45)c3cc2n(-c2ccccc2)c2nc3ccccc3n12. The molecule has 0 atom stereocenters. The Balaban J connectivity index is 1.15. The van der Waals surface area contributed by atoms with E-state index in [0.717, 1.165) is 77.2 Å². The van der Waals surface area contributed by atoms with Gasteiger partial charge in [0.1, 0.15) is 0 Å². The second-order valence-corrected chi connectivity index (χ2v) is 14.7. The third kappa shape index (κ3) is 5.06. The van der Waals surface area contributed by atoms with Gasteiger partial charge in [0, 0.05) is 38.5 Å². The van der Waals surface area contributed by atoms with Crippen LogP contribution in [-0.4, -0.2) is 33.5 Å². The standard InChI is InChI=1S/C51H31N7O/c59-50-40-30-39-37-24-12-14-26-42(37)57(45(39)31-46(40)56(34-20-8-3-9-21-34)51-52-41-25-13-15-27-44(41)58(50)51)43-29-28-38(35-22-10-11-23-36(35)43)49-54-47(32-16-4-1-5-17-32)53-48(55-49)33-18-6-2-7-19-33/h1-31H. The van der Waals surface area contributed by atoms with Crippen LogP contribution < -0.4 is 5.56 Å². The lowest BCUT2D eigenvalue weighted by atomic mass is 10.0. The third-order valence-corrected chi connectivity index (χ3v) is 11.3. The number of hydrogen-bond acceptors (Lipinski definition) is 5. The van der Waals surface area contributed by atoms with Crippen LogP contribution in [0, 0.1) is 0 Å². The van der Waals surface area contributed by atoms with E-state index < -0.39 is 0 Å². The highest BCUT2D eigenvalue weighted by Crippen LogP contribution is 2.39. The van der Waals surface area contributed by atoms with Crippen LogP contribution in [0.2, 0.25) is 0 Å². The van der Waals surface area contributed by atoms with E-state index >= 15 is 0 Å². The minimum absolute atomic E-state index is 0.105. The zero-order chi connectivity index (χ0) is 39.0. The van der Waals surface area contributed by atoms with Gasteiger partial charge in [0.05, 0.1) is 38.7 Å². The molecule has 12 aromatic rings. The third-order valence-electron chi connectivity index (χ3n) is 11.3. The summed E-state index contributed by atoms with van der Waals surface area (Å²) in [7, 11) is 0. The van der Waals surface area contributed by atoms with Gasteiger partial charge in [0.2, 0.25) is 5.78 Å². The minimum atomic E-state index is -0.105. The van der Waals surface area contributed by atoms with E-state index in [1.165, 1.54) is 0 Å². The normalized spacial score (nSPS) is 11.8. The van der Waals surface area contributed by atoms with Crippen LogP contribution in [0.25, 0.3) is 106 Å². The predicted molar refractivity (Wildman–Crippen MR) is 237 cm³/mol. The quantitative estimate of drug-likeness (QED) is 0.175. The number of benzene rings is 8. The van der Waals surface area contributed by atoms with E-state index in [2.05, 4.69) is 94.1 Å². The molecule has 4 heterocycles. The predicted octanol–water partition coefficient (Wildman–Crippen LogP) is 11.2. The molecule has 0 unspecified atom stereocenters. The van der Waals surface area contributed by atoms with Gasteiger partial charge < -0.3 is 4.57 Å². The molecule has 8 heteroatoms. The Bertz CT molecular complexity index is 3630. The van der Waals surface area contributed by atoms with Gasteiger partial charge in [0.15, 0.2) is 17.5 Å². The summed E-state index contributed by atoms with van der Waals surface area (Å²) in [6.07, 6.45) is 0. The zero-order valence-corrected chi connectivity index (χ0v) is 31.4. The molecule has 4 aromatic heterocycles. The van der Waals surface area contributed by atoms with Crippen molar-refractivity contribution in [2.75, 3.05) is 0 Å². The number of para-hydroxylation sites is 4. The summed E-state index contributed by atoms with van der Waals surface area (Å²) in [5.41, 5.74) is 8.86. The molecule has 59 heavy (non-hydrogen) atoms. The molecule has 0 radical (unpaired) electrons. The van der Waals surface area contributed by atoms with Gasteiger partial charge in [-0.2, -0.15) is 0 Å². The summed E-state index contributed by atoms with van der Waals surface area (Å²) in [6, 6.07) is 63.4. The molecule has 0 fully saturated rings. The Morgan fingerprint density at radius 1 is 0.373 bits per heavy atom. The smallest absolute Gasteiger partial charge is 0.267 e. The molecule has 12 rings (SSSR count). The molecule has 0 amide bonds. The second-order valence-electron chi connectivity index (χ2n) is 14.7. The Labute approximate surface area is 336 Å². The molecule has 0 saturated carbocycles. The monoisotopic (exact) mass is 757 g/mol. The van der Waals surface area contributed by atoms with E-state index in [9.17, 15) is 4.79 Å². The average molecular weight is 758 g/mol. The molecular weight excluding hydrogens is 727 g/mol. The van der Waals surface area contributed by atoms with E-state index in [1.54, 1.807) is 4.40 Å². The van der Waals surface area contributed by atoms with Crippen molar-refractivity contribution < 1.29 is 0 Å². The Morgan fingerprint density at radius 2 is 0.932 bits per heavy atom. The Hall–Kier alpha value is -8.23. The fourth-order valence-electron chi connectivity index (χ4n) is 8.65. The first-order chi connectivity index (χ1) is 29.2. The Kier molecular flexibility index (Phi) is 7.21. The molecule has 276 valence electrons. The molecule has 8 nitrogen and oxygen atoms in total. The molecule has 0 aliphatic heterocycles. The first-order valence-corrected chi connectivity index (χ1v) is 19.5. The lowest BCUT2D eigenvalue weighted by Crippen LogP contribution is -2.18. The van der Waals surface area contributed by atoms with Crippen molar-refractivity contribution in [2.24, 2.45) is 0 Å². The number of imidazole rings is 1. The maximum Gasteiger partial charge on any atom is 0.267 e. The summed E-state index contributed by atoms with van der Waals surface area (Å²) in [5, 5.41) is 4.69. The van der Waals surface area contributed by atoms with E-state index in [0.29, 0.717) is 28.6 Å². The van der Waals surface area contributed by atoms with Gasteiger partial charge in [-0.25, -0.2) is 24.3 Å². The van der Waals surface area contributed by atoms with Crippen molar-refractivity contribution in [3.05, 3.63) is 198 Å². The van der Waals surface area contributed by atoms with Crippen molar-refractivity contribution in [3.8, 4) is 45.5 Å². The van der Waals surface area contributed by atoms with Crippen molar-refractivity contribution >= 4 is 60.3 Å². The Morgan fingerprint density at radius 3 is 1.64 bits per heavy atom. The largest absolute Gasteiger partial charge is 0.309 e. The lowest BCUT2D eigenvalue weighted by Gasteiger charge is -2.16. The summed E-state index contributed by atoms with van der Waals surface area (Å²) >= 11 is 0. The van der Waals surface area contributed by atoms with Crippen LogP contribution in [0.5, 0.6) is 0 Å². The molecule has 0 aliphatic rings. The van der Waals surface area contributed by atoms with Crippen molar-refractivity contribution in [3.63, 3.8) is 0 Å². The first kappa shape index (κ1) is 33.0. The average Bonchev–Trinajstić information content (AvgIpc) is 3.85. The molecule has 0 N–H and O–H groups in total. The maximum atomic E-state index is 14.7. The van der Waals surface area contributed by atoms with Crippen molar-refractivity contribution in [1.82, 2.24) is 33.5 Å². The highest BCUT2D eigenvalue weighted by atomic mass is 16.1. The van der Waals surface area contributed by atoms with E-state index in [1.807, 2.05) is 103 Å². The number of fused-ring (bicyclic) bond motifs is 8. The lowest BCUT2D eigenvalue weighted by molar-refractivity contribution is 1.02. The fourth-order valence-corrected chi connectivity index (χ4v) is 8.65. The van der Waals surface area contributed by atoms with Crippen molar-refractivity contribution in [1.29, 1.82) is 0 Å². The summed E-state index contributed by atoms with van der Waals surface area (Å²) < 4.78 is 6.17. The van der Waals surface area contributed by atoms with Gasteiger partial charge in [-0.3, -0.25) is 9.36 Å². The minimum Gasteiger partial charge on any atom is -0.309 e. The number of aromatic nitrogens is 7. The van der Waals surface area contributed by atoms with Crippen LogP contribution in [0.1, 0.15) is 0 Å². The molecule has 0 spiro atoms. The van der Waals surface area contributed by atoms with Gasteiger partial charge in [-0.05, 0) is 60.0 Å². The summed E-state index contributed by atoms with van der Waals surface area (Å²) in [5.74, 6) is 2.38. The van der Waals surface area contributed by atoms with Crippen LogP contribution >= 0.6 is 0 Å². The van der Waals surface area contributed by atoms with E-state index in [4.69, 9.17) is 19.9 Å². The molecule has 8 aromatic carbocycles. The highest BCUT2D eigenvalue weighted by molar-refractivity contribution is 6.15. The summed E-state index contributed by atoms with van der Waals surface area (Å²) in [6.45, 7) is 0. The van der Waals surface area contributed by atoms with Crippen LogP contribution in [0.3, 0.4) is 0 Å². The van der Waals surface area contributed by atoms with Gasteiger partial charge in [0.25, 0.3) is 5.56 Å². The molecule has 0 saturated heterocycles. The summed E-state index contributed by atoms with van der Waals surface area (Å²) in [4.78, 5) is 34.8. The van der Waals surface area contributed by atoms with Gasteiger partial charge in [-0.15, -0.1) is 0 Å². The number of rotatable bonds is 5. The van der Waals surface area contributed by atoms with Crippen molar-refractivity contribution in [2.45, 2.75) is 0 Å². The molecule has 0 bridgehead atoms. The van der Waals surface area contributed by atoms with Gasteiger partial charge >= 0.3 is 0 Å². The zero-order valence-electron chi connectivity index (χ0n) is 31.4. The second kappa shape index (κ2) is 12.9. The molecule has 0 aliphatic carbocycles.